The molecule has 1 atom stereocenters. The highest BCUT2D eigenvalue weighted by Gasteiger charge is 2.33. The van der Waals surface area contributed by atoms with E-state index in [1.54, 1.807) is 49.5 Å². The summed E-state index contributed by atoms with van der Waals surface area (Å²) in [5.41, 5.74) is 6.93. The first-order chi connectivity index (χ1) is 16.9. The lowest BCUT2D eigenvalue weighted by Crippen LogP contribution is -2.24. The van der Waals surface area contributed by atoms with Gasteiger partial charge in [-0.2, -0.15) is 13.2 Å². The highest BCUT2D eigenvalue weighted by atomic mass is 19.4. The van der Waals surface area contributed by atoms with Crippen molar-refractivity contribution in [3.8, 4) is 11.1 Å². The minimum atomic E-state index is -4.57. The minimum absolute atomic E-state index is 0.173. The molecule has 1 unspecified atom stereocenters. The summed E-state index contributed by atoms with van der Waals surface area (Å²) in [6, 6.07) is 16.0. The normalized spacial score (nSPS) is 13.2. The molecule has 0 spiro atoms. The second kappa shape index (κ2) is 9.38. The van der Waals surface area contributed by atoms with Crippen molar-refractivity contribution in [1.82, 2.24) is 15.0 Å². The summed E-state index contributed by atoms with van der Waals surface area (Å²) in [5.74, 6) is -0.733. The van der Waals surface area contributed by atoms with E-state index in [4.69, 9.17) is 5.73 Å². The minimum Gasteiger partial charge on any atom is -0.379 e. The zero-order chi connectivity index (χ0) is 26.1. The molecule has 1 amide bonds. The highest BCUT2D eigenvalue weighted by molar-refractivity contribution is 5.92. The van der Waals surface area contributed by atoms with Gasteiger partial charge in [0.2, 0.25) is 11.9 Å². The van der Waals surface area contributed by atoms with Crippen molar-refractivity contribution in [3.05, 3.63) is 101 Å². The number of hydrogen-bond donors (Lipinski definition) is 3. The number of pyridine rings is 1. The number of alkyl halides is 3. The SMILES string of the molecule is Cc1cc(Nc2nccc(C(F)(F)F)n2)cc(-c2ccc(C(C)(O)c3ccc(C(N)=O)cc3)nc2)c1. The van der Waals surface area contributed by atoms with Gasteiger partial charge in [-0.3, -0.25) is 9.78 Å². The molecule has 2 aromatic heterocycles. The molecular weight excluding hydrogens is 471 g/mol. The van der Waals surface area contributed by atoms with Crippen LogP contribution in [0.3, 0.4) is 0 Å². The molecule has 4 N–H and O–H groups in total. The van der Waals surface area contributed by atoms with Crippen LogP contribution >= 0.6 is 0 Å². The Bertz CT molecular complexity index is 1400. The molecule has 0 aliphatic carbocycles. The second-order valence-electron chi connectivity index (χ2n) is 8.42. The van der Waals surface area contributed by atoms with E-state index in [1.807, 2.05) is 13.0 Å². The van der Waals surface area contributed by atoms with Gasteiger partial charge in [0.1, 0.15) is 11.3 Å². The fourth-order valence-corrected chi connectivity index (χ4v) is 3.69. The van der Waals surface area contributed by atoms with Crippen LogP contribution in [-0.2, 0) is 11.8 Å². The van der Waals surface area contributed by atoms with Crippen LogP contribution in [0.5, 0.6) is 0 Å². The third-order valence-corrected chi connectivity index (χ3v) is 5.61. The van der Waals surface area contributed by atoms with Crippen LogP contribution in [0.2, 0.25) is 0 Å². The topological polar surface area (TPSA) is 114 Å². The summed E-state index contributed by atoms with van der Waals surface area (Å²) in [6.07, 6.45) is -1.93. The molecule has 184 valence electrons. The zero-order valence-electron chi connectivity index (χ0n) is 19.3. The van der Waals surface area contributed by atoms with E-state index < -0.39 is 23.4 Å². The van der Waals surface area contributed by atoms with Gasteiger partial charge >= 0.3 is 6.18 Å². The number of nitrogens with one attached hydrogen (secondary N) is 1. The van der Waals surface area contributed by atoms with Crippen molar-refractivity contribution in [2.45, 2.75) is 25.6 Å². The number of benzene rings is 2. The maximum atomic E-state index is 13.0. The van der Waals surface area contributed by atoms with Gasteiger partial charge < -0.3 is 16.2 Å². The molecule has 4 aromatic rings. The second-order valence-corrected chi connectivity index (χ2v) is 8.42. The molecule has 10 heteroatoms. The number of nitrogens with zero attached hydrogens (tertiary/aromatic N) is 3. The number of aryl methyl sites for hydroxylation is 1. The smallest absolute Gasteiger partial charge is 0.379 e. The predicted molar refractivity (Wildman–Crippen MR) is 128 cm³/mol. The molecule has 0 bridgehead atoms. The molecule has 2 aromatic carbocycles. The summed E-state index contributed by atoms with van der Waals surface area (Å²) >= 11 is 0. The van der Waals surface area contributed by atoms with E-state index in [2.05, 4.69) is 20.3 Å². The molecule has 0 aliphatic heterocycles. The summed E-state index contributed by atoms with van der Waals surface area (Å²) in [6.45, 7) is 3.45. The van der Waals surface area contributed by atoms with Crippen LogP contribution in [0.1, 0.15) is 39.8 Å². The number of amides is 1. The fourth-order valence-electron chi connectivity index (χ4n) is 3.69. The Labute approximate surface area is 204 Å². The molecule has 0 saturated carbocycles. The van der Waals surface area contributed by atoms with E-state index in [0.29, 0.717) is 22.5 Å². The number of halogens is 3. The number of primary amides is 1. The third-order valence-electron chi connectivity index (χ3n) is 5.61. The quantitative estimate of drug-likeness (QED) is 0.350. The van der Waals surface area contributed by atoms with Crippen molar-refractivity contribution in [2.75, 3.05) is 5.32 Å². The Hall–Kier alpha value is -4.31. The van der Waals surface area contributed by atoms with Crippen LogP contribution < -0.4 is 11.1 Å². The van der Waals surface area contributed by atoms with E-state index in [0.717, 1.165) is 29.0 Å². The average Bonchev–Trinajstić information content (AvgIpc) is 2.83. The number of rotatable bonds is 6. The Morgan fingerprint density at radius 1 is 0.944 bits per heavy atom. The van der Waals surface area contributed by atoms with Gasteiger partial charge in [0.15, 0.2) is 0 Å². The van der Waals surface area contributed by atoms with Crippen LogP contribution in [0.15, 0.2) is 73.1 Å². The number of carbonyl (C=O) groups is 1. The molecule has 0 saturated heterocycles. The van der Waals surface area contributed by atoms with Crippen LogP contribution in [-0.4, -0.2) is 26.0 Å². The molecule has 36 heavy (non-hydrogen) atoms. The van der Waals surface area contributed by atoms with Crippen LogP contribution in [0.25, 0.3) is 11.1 Å². The molecule has 0 fully saturated rings. The van der Waals surface area contributed by atoms with Crippen LogP contribution in [0, 0.1) is 6.92 Å². The predicted octanol–water partition coefficient (Wildman–Crippen LogP) is 4.96. The highest BCUT2D eigenvalue weighted by Crippen LogP contribution is 2.31. The zero-order valence-corrected chi connectivity index (χ0v) is 19.3. The van der Waals surface area contributed by atoms with Crippen molar-refractivity contribution < 1.29 is 23.1 Å². The van der Waals surface area contributed by atoms with Gasteiger partial charge in [-0.15, -0.1) is 0 Å². The Balaban J connectivity index is 1.59. The first-order valence-corrected chi connectivity index (χ1v) is 10.8. The van der Waals surface area contributed by atoms with E-state index in [-0.39, 0.29) is 5.95 Å². The van der Waals surface area contributed by atoms with Crippen molar-refractivity contribution >= 4 is 17.5 Å². The Morgan fingerprint density at radius 2 is 1.67 bits per heavy atom. The van der Waals surface area contributed by atoms with Crippen molar-refractivity contribution in [2.24, 2.45) is 5.73 Å². The molecule has 7 nitrogen and oxygen atoms in total. The Morgan fingerprint density at radius 3 is 2.28 bits per heavy atom. The molecule has 2 heterocycles. The van der Waals surface area contributed by atoms with E-state index >= 15 is 0 Å². The van der Waals surface area contributed by atoms with Gasteiger partial charge in [0.25, 0.3) is 0 Å². The average molecular weight is 493 g/mol. The third kappa shape index (κ3) is 5.33. The fraction of sp³-hybridized carbons (Fsp3) is 0.154. The number of nitrogens with two attached hydrogens (primary N) is 1. The summed E-state index contributed by atoms with van der Waals surface area (Å²) < 4.78 is 38.9. The van der Waals surface area contributed by atoms with Gasteiger partial charge in [-0.05, 0) is 66.9 Å². The summed E-state index contributed by atoms with van der Waals surface area (Å²) in [5, 5.41) is 13.9. The first kappa shape index (κ1) is 24.8. The maximum absolute atomic E-state index is 13.0. The summed E-state index contributed by atoms with van der Waals surface area (Å²) in [7, 11) is 0. The van der Waals surface area contributed by atoms with Gasteiger partial charge in [0.05, 0.1) is 5.69 Å². The number of anilines is 2. The van der Waals surface area contributed by atoms with Crippen molar-refractivity contribution in [1.29, 1.82) is 0 Å². The van der Waals surface area contributed by atoms with Gasteiger partial charge in [0, 0.05) is 29.2 Å². The largest absolute Gasteiger partial charge is 0.433 e. The maximum Gasteiger partial charge on any atom is 0.433 e. The number of hydrogen-bond acceptors (Lipinski definition) is 6. The standard InChI is InChI=1S/C26H22F3N5O2/c1-15-11-18(13-20(12-15)33-24-31-10-9-22(34-24)26(27,28)29)17-5-8-21(32-14-17)25(2,36)19-6-3-16(4-7-19)23(30)35/h3-14,36H,1-2H3,(H2,30,35)(H,31,33,34). The van der Waals surface area contributed by atoms with Gasteiger partial charge in [-0.25, -0.2) is 9.97 Å². The molecule has 0 radical (unpaired) electrons. The van der Waals surface area contributed by atoms with Gasteiger partial charge in [-0.1, -0.05) is 24.3 Å². The lowest BCUT2D eigenvalue weighted by atomic mass is 9.90. The summed E-state index contributed by atoms with van der Waals surface area (Å²) in [4.78, 5) is 23.1. The van der Waals surface area contributed by atoms with E-state index in [9.17, 15) is 23.1 Å². The Kier molecular flexibility index (Phi) is 6.47. The number of aromatic nitrogens is 3. The monoisotopic (exact) mass is 493 g/mol. The number of aliphatic hydroxyl groups is 1. The van der Waals surface area contributed by atoms with Crippen LogP contribution in [0.4, 0.5) is 24.8 Å². The first-order valence-electron chi connectivity index (χ1n) is 10.8. The van der Waals surface area contributed by atoms with E-state index in [1.165, 1.54) is 12.1 Å². The molecular formula is C26H22F3N5O2. The molecule has 0 aliphatic rings. The lowest BCUT2D eigenvalue weighted by molar-refractivity contribution is -0.141. The lowest BCUT2D eigenvalue weighted by Gasteiger charge is -2.23. The molecule has 4 rings (SSSR count). The van der Waals surface area contributed by atoms with Crippen molar-refractivity contribution in [3.63, 3.8) is 0 Å². The number of carbonyl (C=O) groups excluding carboxylic acids is 1.